The molecule has 12 aromatic carbocycles. The quantitative estimate of drug-likeness (QED) is 0.0956. The van der Waals surface area contributed by atoms with E-state index in [-0.39, 0.29) is 32.8 Å². The molecule has 8 heteroatoms. The maximum Gasteiger partial charge on any atom is 0.534 e. The van der Waals surface area contributed by atoms with Gasteiger partial charge >= 0.3 is 15.6 Å². The highest BCUT2D eigenvalue weighted by molar-refractivity contribution is 7.88. The molecule has 0 saturated carbocycles. The van der Waals surface area contributed by atoms with Gasteiger partial charge in [-0.15, -0.1) is 0 Å². The van der Waals surface area contributed by atoms with Gasteiger partial charge in [0.2, 0.25) is 0 Å². The molecule has 0 atom stereocenters. The van der Waals surface area contributed by atoms with Crippen LogP contribution in [0.5, 0.6) is 5.75 Å². The van der Waals surface area contributed by atoms with Gasteiger partial charge in [-0.1, -0.05) is 326 Å². The van der Waals surface area contributed by atoms with Gasteiger partial charge in [0.15, 0.2) is 5.75 Å². The predicted octanol–water partition coefficient (Wildman–Crippen LogP) is 24.5. The van der Waals surface area contributed by atoms with Crippen molar-refractivity contribution >= 4 is 48.7 Å². The van der Waals surface area contributed by atoms with Crippen LogP contribution < -0.4 is 9.08 Å². The zero-order valence-corrected chi connectivity index (χ0v) is 56.8. The van der Waals surface area contributed by atoms with Gasteiger partial charge in [0, 0.05) is 22.1 Å². The lowest BCUT2D eigenvalue weighted by atomic mass is 9.85. The van der Waals surface area contributed by atoms with E-state index in [9.17, 15) is 21.6 Å². The molecule has 4 nitrogen and oxygen atoms in total. The second kappa shape index (κ2) is 27.6. The summed E-state index contributed by atoms with van der Waals surface area (Å²) in [5.41, 5.74) is 14.6. The minimum Gasteiger partial charge on any atom is -0.375 e. The second-order valence-corrected chi connectivity index (χ2v) is 29.7. The molecule has 0 amide bonds. The monoisotopic (exact) mass is 1270 g/mol. The molecule has 94 heavy (non-hydrogen) atoms. The van der Waals surface area contributed by atoms with E-state index in [2.05, 4.69) is 280 Å². The van der Waals surface area contributed by atoms with Crippen LogP contribution in [0.2, 0.25) is 0 Å². The number of anilines is 3. The van der Waals surface area contributed by atoms with Crippen molar-refractivity contribution in [2.75, 3.05) is 4.90 Å². The number of hydrogen-bond donors (Lipinski definition) is 0. The van der Waals surface area contributed by atoms with Crippen molar-refractivity contribution in [3.8, 4) is 50.3 Å². The van der Waals surface area contributed by atoms with Gasteiger partial charge in [-0.25, -0.2) is 0 Å². The highest BCUT2D eigenvalue weighted by Gasteiger charge is 2.49. The predicted molar refractivity (Wildman–Crippen MR) is 390 cm³/mol. The molecule has 0 saturated heterocycles. The fraction of sp³-hybridized carbons (Fsp3) is 0.209. The van der Waals surface area contributed by atoms with Crippen LogP contribution in [0.1, 0.15) is 116 Å². The fourth-order valence-corrected chi connectivity index (χ4v) is 12.2. The molecule has 12 rings (SSSR count). The smallest absolute Gasteiger partial charge is 0.375 e. The van der Waals surface area contributed by atoms with E-state index >= 15 is 0 Å². The van der Waals surface area contributed by atoms with Crippen LogP contribution in [0.25, 0.3) is 66.1 Å². The molecule has 0 N–H and O–H groups in total. The fourth-order valence-electron chi connectivity index (χ4n) is 11.8. The van der Waals surface area contributed by atoms with Gasteiger partial charge < -0.3 is 9.08 Å². The SMILES string of the molecule is CC(C)(C)c1ccc(Cc2ccc(C(C)(C)C)cc2)cc1.CC(C)(C)c1ccc(N(c2ccc(C(C)(C)C)cc2)c2cc(-c3ccccc3)c(-c3ccccc3)c3ccccc23)cc1.O=S(=O)(Oc1cc(-c2ccccc2)c(-c2ccccc2)c2ccccc12)C(F)(F)F. The molecule has 478 valence electrons. The Labute approximate surface area is 555 Å². The Hall–Kier alpha value is -9.50. The molecule has 0 aliphatic heterocycles. The molecule has 0 unspecified atom stereocenters. The van der Waals surface area contributed by atoms with Crippen molar-refractivity contribution in [3.63, 3.8) is 0 Å². The minimum absolute atomic E-state index is 0.0855. The first kappa shape index (κ1) is 67.4. The second-order valence-electron chi connectivity index (χ2n) is 28.2. The topological polar surface area (TPSA) is 46.6 Å². The summed E-state index contributed by atoms with van der Waals surface area (Å²) in [5, 5.41) is 3.31. The first-order chi connectivity index (χ1) is 44.5. The van der Waals surface area contributed by atoms with Crippen molar-refractivity contribution in [2.45, 2.75) is 117 Å². The van der Waals surface area contributed by atoms with E-state index in [0.29, 0.717) is 10.9 Å². The van der Waals surface area contributed by atoms with Crippen LogP contribution in [0.15, 0.2) is 279 Å². The third kappa shape index (κ3) is 15.8. The van der Waals surface area contributed by atoms with E-state index in [4.69, 9.17) is 0 Å². The van der Waals surface area contributed by atoms with Gasteiger partial charge in [-0.3, -0.25) is 0 Å². The molecule has 0 fully saturated rings. The zero-order valence-electron chi connectivity index (χ0n) is 56.0. The zero-order chi connectivity index (χ0) is 67.2. The molecule has 0 heterocycles. The van der Waals surface area contributed by atoms with Gasteiger partial charge in [0.05, 0.1) is 5.69 Å². The Kier molecular flexibility index (Phi) is 19.8. The lowest BCUT2D eigenvalue weighted by Gasteiger charge is -2.30. The summed E-state index contributed by atoms with van der Waals surface area (Å²) in [6.45, 7) is 27.2. The Bertz CT molecular complexity index is 4510. The summed E-state index contributed by atoms with van der Waals surface area (Å²) in [5.74, 6) is -0.374. The van der Waals surface area contributed by atoms with E-state index < -0.39 is 15.6 Å². The molecule has 0 spiro atoms. The molecular weight excluding hydrogens is 1180 g/mol. The number of halogens is 3. The Morgan fingerprint density at radius 3 is 0.957 bits per heavy atom. The number of alkyl halides is 3. The Balaban J connectivity index is 0.000000165. The third-order valence-corrected chi connectivity index (χ3v) is 18.0. The van der Waals surface area contributed by atoms with Gasteiger partial charge in [-0.05, 0) is 153 Å². The highest BCUT2D eigenvalue weighted by Crippen LogP contribution is 2.48. The molecule has 0 aliphatic carbocycles. The first-order valence-corrected chi connectivity index (χ1v) is 33.5. The summed E-state index contributed by atoms with van der Waals surface area (Å²) in [6.07, 6.45) is 1.01. The molecule has 12 aromatic rings. The van der Waals surface area contributed by atoms with Gasteiger partial charge in [0.25, 0.3) is 0 Å². The highest BCUT2D eigenvalue weighted by atomic mass is 32.2. The van der Waals surface area contributed by atoms with Crippen LogP contribution in [0.4, 0.5) is 30.2 Å². The van der Waals surface area contributed by atoms with Crippen molar-refractivity contribution in [2.24, 2.45) is 0 Å². The normalized spacial score (nSPS) is 12.1. The summed E-state index contributed by atoms with van der Waals surface area (Å²) in [6, 6.07) is 95.6. The average Bonchev–Trinajstić information content (AvgIpc) is 0.752. The molecule has 0 bridgehead atoms. The number of hydrogen-bond acceptors (Lipinski definition) is 4. The number of benzene rings is 12. The summed E-state index contributed by atoms with van der Waals surface area (Å²) in [4.78, 5) is 2.43. The molecular formula is C86H84F3NO3S. The van der Waals surface area contributed by atoms with Gasteiger partial charge in [-0.2, -0.15) is 21.6 Å². The summed E-state index contributed by atoms with van der Waals surface area (Å²) in [7, 11) is -5.82. The van der Waals surface area contributed by atoms with Crippen LogP contribution in [0, 0.1) is 0 Å². The van der Waals surface area contributed by atoms with Crippen molar-refractivity contribution in [1.29, 1.82) is 0 Å². The van der Waals surface area contributed by atoms with Crippen LogP contribution >= 0.6 is 0 Å². The van der Waals surface area contributed by atoms with Crippen LogP contribution in [-0.4, -0.2) is 13.9 Å². The summed E-state index contributed by atoms with van der Waals surface area (Å²) < 4.78 is 66.9. The minimum atomic E-state index is -5.82. The third-order valence-electron chi connectivity index (χ3n) is 17.1. The molecule has 0 radical (unpaired) electrons. The van der Waals surface area contributed by atoms with E-state index in [1.165, 1.54) is 84.2 Å². The number of rotatable bonds is 11. The van der Waals surface area contributed by atoms with Crippen molar-refractivity contribution < 1.29 is 25.8 Å². The molecule has 0 aromatic heterocycles. The molecule has 0 aliphatic rings. The van der Waals surface area contributed by atoms with E-state index in [1.807, 2.05) is 36.4 Å². The van der Waals surface area contributed by atoms with E-state index in [1.54, 1.807) is 42.5 Å². The number of nitrogens with zero attached hydrogens (tertiary/aromatic N) is 1. The summed E-state index contributed by atoms with van der Waals surface area (Å²) >= 11 is 0. The maximum absolute atomic E-state index is 13.0. The number of fused-ring (bicyclic) bond motifs is 2. The van der Waals surface area contributed by atoms with Crippen LogP contribution in [-0.2, 0) is 38.2 Å². The lowest BCUT2D eigenvalue weighted by Crippen LogP contribution is -2.28. The van der Waals surface area contributed by atoms with Crippen molar-refractivity contribution in [1.82, 2.24) is 0 Å². The Morgan fingerprint density at radius 2 is 0.617 bits per heavy atom. The lowest BCUT2D eigenvalue weighted by molar-refractivity contribution is -0.0499. The standard InChI is InChI=1S/C42H41N.C23H15F3O3S.C21H28/c1-41(2,3)32-21-25-34(26-22-32)43(35-27-23-33(24-28-35)42(4,5)6)39-29-38(30-15-9-7-10-16-30)40(31-17-11-8-12-18-31)37-20-14-13-19-36(37)39;24-23(25,26)30(27,28)29-21-15-20(16-9-3-1-4-10-16)22(17-11-5-2-6-12-17)19-14-8-7-13-18(19)21;1-20(2,3)18-11-7-16(8-12-18)15-17-9-13-19(14-10-17)21(4,5)6/h7-29H,1-6H3;1-15H;7-14H,15H2,1-6H3. The largest absolute Gasteiger partial charge is 0.534 e. The van der Waals surface area contributed by atoms with Crippen LogP contribution in [0.3, 0.4) is 0 Å². The maximum atomic E-state index is 13.0. The van der Waals surface area contributed by atoms with Gasteiger partial charge in [0.1, 0.15) is 0 Å². The Morgan fingerprint density at radius 1 is 0.330 bits per heavy atom. The van der Waals surface area contributed by atoms with E-state index in [0.717, 1.165) is 34.5 Å². The van der Waals surface area contributed by atoms with Crippen molar-refractivity contribution in [3.05, 3.63) is 312 Å². The first-order valence-electron chi connectivity index (χ1n) is 32.1. The average molecular weight is 1270 g/mol.